The van der Waals surface area contributed by atoms with Gasteiger partial charge in [-0.3, -0.25) is 9.59 Å². The third kappa shape index (κ3) is 4.85. The number of hydrogen-bond acceptors (Lipinski definition) is 4. The van der Waals surface area contributed by atoms with E-state index < -0.39 is 5.91 Å². The predicted molar refractivity (Wildman–Crippen MR) is 108 cm³/mol. The molecular formula is C22H23N3O3. The number of carbonyl (C=O) groups excluding carboxylic acids is 2. The van der Waals surface area contributed by atoms with Crippen LogP contribution in [0, 0.1) is 0 Å². The van der Waals surface area contributed by atoms with Gasteiger partial charge in [0, 0.05) is 29.7 Å². The van der Waals surface area contributed by atoms with Gasteiger partial charge >= 0.3 is 0 Å². The molecule has 2 amide bonds. The van der Waals surface area contributed by atoms with Crippen LogP contribution in [0.5, 0.6) is 0 Å². The summed E-state index contributed by atoms with van der Waals surface area (Å²) < 4.78 is 5.77. The Morgan fingerprint density at radius 2 is 1.75 bits per heavy atom. The smallest absolute Gasteiger partial charge is 0.248 e. The van der Waals surface area contributed by atoms with E-state index in [9.17, 15) is 9.59 Å². The number of aromatic nitrogens is 1. The second-order valence-electron chi connectivity index (χ2n) is 6.88. The van der Waals surface area contributed by atoms with Gasteiger partial charge in [0.15, 0.2) is 11.7 Å². The van der Waals surface area contributed by atoms with Crippen molar-refractivity contribution in [3.05, 3.63) is 71.7 Å². The van der Waals surface area contributed by atoms with Gasteiger partial charge in [-0.05, 0) is 35.7 Å². The molecule has 0 saturated carbocycles. The van der Waals surface area contributed by atoms with Crippen LogP contribution in [0.25, 0.3) is 11.3 Å². The number of anilines is 1. The van der Waals surface area contributed by atoms with E-state index >= 15 is 0 Å². The minimum Gasteiger partial charge on any atom is -0.441 e. The van der Waals surface area contributed by atoms with E-state index in [0.29, 0.717) is 35.2 Å². The van der Waals surface area contributed by atoms with Crippen molar-refractivity contribution < 1.29 is 14.0 Å². The Kier molecular flexibility index (Phi) is 5.89. The fourth-order valence-electron chi connectivity index (χ4n) is 2.75. The molecule has 0 spiro atoms. The van der Waals surface area contributed by atoms with E-state index in [1.165, 1.54) is 5.56 Å². The molecule has 0 aliphatic carbocycles. The van der Waals surface area contributed by atoms with Crippen molar-refractivity contribution in [1.82, 2.24) is 4.98 Å². The van der Waals surface area contributed by atoms with Crippen molar-refractivity contribution in [2.75, 3.05) is 5.32 Å². The number of nitrogens with zero attached hydrogens (tertiary/aromatic N) is 1. The summed E-state index contributed by atoms with van der Waals surface area (Å²) in [7, 11) is 0. The minimum absolute atomic E-state index is 0.159. The van der Waals surface area contributed by atoms with Crippen molar-refractivity contribution >= 4 is 17.5 Å². The first kappa shape index (κ1) is 19.4. The summed E-state index contributed by atoms with van der Waals surface area (Å²) in [6, 6.07) is 14.6. The zero-order valence-corrected chi connectivity index (χ0v) is 15.9. The number of nitrogens with one attached hydrogen (secondary N) is 1. The van der Waals surface area contributed by atoms with Gasteiger partial charge in [-0.15, -0.1) is 0 Å². The number of amides is 2. The second kappa shape index (κ2) is 8.52. The summed E-state index contributed by atoms with van der Waals surface area (Å²) in [5.41, 5.74) is 8.43. The Morgan fingerprint density at radius 1 is 1.07 bits per heavy atom. The standard InChI is InChI=1S/C22H23N3O3/c1-14(2)15-3-5-16(6-4-15)19-13-24-21(28-19)12-11-20(26)25-18-9-7-17(8-10-18)22(23)27/h3-10,13-14H,11-12H2,1-2H3,(H2,23,27)(H,25,26). The number of aryl methyl sites for hydroxylation is 1. The zero-order chi connectivity index (χ0) is 20.1. The molecule has 28 heavy (non-hydrogen) atoms. The van der Waals surface area contributed by atoms with E-state index in [-0.39, 0.29) is 12.3 Å². The van der Waals surface area contributed by atoms with Crippen LogP contribution in [0.4, 0.5) is 5.69 Å². The first-order chi connectivity index (χ1) is 13.4. The maximum atomic E-state index is 12.1. The van der Waals surface area contributed by atoms with Crippen LogP contribution < -0.4 is 11.1 Å². The number of rotatable bonds is 7. The van der Waals surface area contributed by atoms with Gasteiger partial charge in [0.05, 0.1) is 6.20 Å². The van der Waals surface area contributed by atoms with Crippen LogP contribution in [-0.2, 0) is 11.2 Å². The van der Waals surface area contributed by atoms with Crippen LogP contribution in [0.3, 0.4) is 0 Å². The van der Waals surface area contributed by atoms with Crippen molar-refractivity contribution in [1.29, 1.82) is 0 Å². The Morgan fingerprint density at radius 3 is 2.36 bits per heavy atom. The summed E-state index contributed by atoms with van der Waals surface area (Å²) in [4.78, 5) is 27.4. The van der Waals surface area contributed by atoms with Crippen LogP contribution in [0.15, 0.2) is 59.1 Å². The van der Waals surface area contributed by atoms with Gasteiger partial charge in [-0.2, -0.15) is 0 Å². The highest BCUT2D eigenvalue weighted by Gasteiger charge is 2.10. The van der Waals surface area contributed by atoms with Crippen LogP contribution >= 0.6 is 0 Å². The summed E-state index contributed by atoms with van der Waals surface area (Å²) in [6.07, 6.45) is 2.32. The number of carbonyl (C=O) groups is 2. The van der Waals surface area contributed by atoms with Crippen LogP contribution in [0.2, 0.25) is 0 Å². The topological polar surface area (TPSA) is 98.2 Å². The lowest BCUT2D eigenvalue weighted by Gasteiger charge is -2.05. The number of primary amides is 1. The second-order valence-corrected chi connectivity index (χ2v) is 6.88. The highest BCUT2D eigenvalue weighted by molar-refractivity contribution is 5.94. The van der Waals surface area contributed by atoms with Gasteiger partial charge in [0.1, 0.15) is 0 Å². The largest absolute Gasteiger partial charge is 0.441 e. The molecule has 3 aromatic rings. The molecular weight excluding hydrogens is 354 g/mol. The maximum Gasteiger partial charge on any atom is 0.248 e. The summed E-state index contributed by atoms with van der Waals surface area (Å²) in [5, 5.41) is 2.77. The molecule has 0 radical (unpaired) electrons. The molecule has 0 unspecified atom stereocenters. The summed E-state index contributed by atoms with van der Waals surface area (Å²) in [5.74, 6) is 1.02. The molecule has 2 aromatic carbocycles. The van der Waals surface area contributed by atoms with E-state index in [1.807, 2.05) is 12.1 Å². The molecule has 0 aliphatic heterocycles. The number of oxazole rings is 1. The van der Waals surface area contributed by atoms with Gasteiger partial charge in [0.25, 0.3) is 0 Å². The lowest BCUT2D eigenvalue weighted by atomic mass is 10.0. The molecule has 3 N–H and O–H groups in total. The van der Waals surface area contributed by atoms with E-state index in [1.54, 1.807) is 30.5 Å². The third-order valence-electron chi connectivity index (χ3n) is 4.43. The maximum absolute atomic E-state index is 12.1. The minimum atomic E-state index is -0.503. The van der Waals surface area contributed by atoms with Gasteiger partial charge in [-0.1, -0.05) is 38.1 Å². The highest BCUT2D eigenvalue weighted by atomic mass is 16.4. The molecule has 6 heteroatoms. The molecule has 144 valence electrons. The lowest BCUT2D eigenvalue weighted by Crippen LogP contribution is -2.13. The van der Waals surface area contributed by atoms with E-state index in [4.69, 9.17) is 10.2 Å². The molecule has 0 bridgehead atoms. The first-order valence-electron chi connectivity index (χ1n) is 9.17. The third-order valence-corrected chi connectivity index (χ3v) is 4.43. The fraction of sp³-hybridized carbons (Fsp3) is 0.227. The number of hydrogen-bond donors (Lipinski definition) is 2. The molecule has 0 fully saturated rings. The first-order valence-corrected chi connectivity index (χ1v) is 9.17. The van der Waals surface area contributed by atoms with Gasteiger partial charge < -0.3 is 15.5 Å². The van der Waals surface area contributed by atoms with E-state index in [2.05, 4.69) is 36.3 Å². The molecule has 0 saturated heterocycles. The van der Waals surface area contributed by atoms with Crippen molar-refractivity contribution in [2.24, 2.45) is 5.73 Å². The molecule has 0 aliphatic rings. The van der Waals surface area contributed by atoms with E-state index in [0.717, 1.165) is 5.56 Å². The highest BCUT2D eigenvalue weighted by Crippen LogP contribution is 2.23. The van der Waals surface area contributed by atoms with Crippen LogP contribution in [-0.4, -0.2) is 16.8 Å². The molecule has 1 aromatic heterocycles. The normalized spacial score (nSPS) is 10.8. The summed E-state index contributed by atoms with van der Waals surface area (Å²) >= 11 is 0. The van der Waals surface area contributed by atoms with Crippen molar-refractivity contribution in [3.63, 3.8) is 0 Å². The quantitative estimate of drug-likeness (QED) is 0.646. The van der Waals surface area contributed by atoms with Crippen LogP contribution in [0.1, 0.15) is 48.0 Å². The average Bonchev–Trinajstić information content (AvgIpc) is 3.16. The molecule has 1 heterocycles. The molecule has 3 rings (SSSR count). The average molecular weight is 377 g/mol. The van der Waals surface area contributed by atoms with Gasteiger partial charge in [-0.25, -0.2) is 4.98 Å². The fourth-order valence-corrected chi connectivity index (χ4v) is 2.75. The predicted octanol–water partition coefficient (Wildman–Crippen LogP) is 4.14. The molecule has 6 nitrogen and oxygen atoms in total. The molecule has 0 atom stereocenters. The Bertz CT molecular complexity index is 957. The summed E-state index contributed by atoms with van der Waals surface area (Å²) in [6.45, 7) is 4.30. The van der Waals surface area contributed by atoms with Crippen molar-refractivity contribution in [2.45, 2.75) is 32.6 Å². The number of benzene rings is 2. The number of nitrogens with two attached hydrogens (primary N) is 1. The Balaban J connectivity index is 1.55. The Labute approximate surface area is 163 Å². The lowest BCUT2D eigenvalue weighted by molar-refractivity contribution is -0.116. The van der Waals surface area contributed by atoms with Gasteiger partial charge in [0.2, 0.25) is 11.8 Å². The zero-order valence-electron chi connectivity index (χ0n) is 15.9. The Hall–Kier alpha value is -3.41. The monoisotopic (exact) mass is 377 g/mol. The van der Waals surface area contributed by atoms with Crippen molar-refractivity contribution in [3.8, 4) is 11.3 Å². The SMILES string of the molecule is CC(C)c1ccc(-c2cnc(CCC(=O)Nc3ccc(C(N)=O)cc3)o2)cc1.